The van der Waals surface area contributed by atoms with E-state index in [0.717, 1.165) is 12.1 Å². The lowest BCUT2D eigenvalue weighted by molar-refractivity contribution is 0.0802. The van der Waals surface area contributed by atoms with Gasteiger partial charge in [0.2, 0.25) is 0 Å². The zero-order valence-corrected chi connectivity index (χ0v) is 9.45. The molecule has 0 aromatic heterocycles. The van der Waals surface area contributed by atoms with Gasteiger partial charge in [-0.25, -0.2) is 0 Å². The van der Waals surface area contributed by atoms with Gasteiger partial charge in [0.15, 0.2) is 0 Å². The van der Waals surface area contributed by atoms with Gasteiger partial charge in [0.1, 0.15) is 0 Å². The van der Waals surface area contributed by atoms with Crippen LogP contribution in [0.15, 0.2) is 30.3 Å². The van der Waals surface area contributed by atoms with Gasteiger partial charge >= 0.3 is 0 Å². The summed E-state index contributed by atoms with van der Waals surface area (Å²) in [6.45, 7) is 6.70. The molecule has 2 heteroatoms. The number of benzene rings is 1. The van der Waals surface area contributed by atoms with Crippen LogP contribution in [0.1, 0.15) is 31.1 Å². The number of hydrogen-bond acceptors (Lipinski definition) is 1. The summed E-state index contributed by atoms with van der Waals surface area (Å²) in [6.07, 6.45) is 0. The second-order valence-corrected chi connectivity index (χ2v) is 2.69. The lowest BCUT2D eigenvalue weighted by Gasteiger charge is -2.13. The highest BCUT2D eigenvalue weighted by Crippen LogP contribution is 2.01. The molecule has 0 unspecified atom stereocenters. The van der Waals surface area contributed by atoms with Crippen molar-refractivity contribution >= 4 is 5.91 Å². The van der Waals surface area contributed by atoms with Crippen molar-refractivity contribution < 1.29 is 4.79 Å². The molecule has 0 radical (unpaired) electrons. The zero-order valence-electron chi connectivity index (χ0n) is 9.45. The SMILES string of the molecule is CC.CCN(C)C(=O)c1ccccc1. The van der Waals surface area contributed by atoms with E-state index in [1.165, 1.54) is 0 Å². The van der Waals surface area contributed by atoms with Crippen LogP contribution in [0.4, 0.5) is 0 Å². The van der Waals surface area contributed by atoms with E-state index >= 15 is 0 Å². The molecule has 0 atom stereocenters. The Bertz CT molecular complexity index is 256. The van der Waals surface area contributed by atoms with E-state index < -0.39 is 0 Å². The minimum absolute atomic E-state index is 0.0816. The van der Waals surface area contributed by atoms with Crippen LogP contribution in [0, 0.1) is 0 Å². The number of hydrogen-bond donors (Lipinski definition) is 0. The molecule has 0 fully saturated rings. The molecule has 0 aliphatic rings. The topological polar surface area (TPSA) is 20.3 Å². The Kier molecular flexibility index (Phi) is 6.46. The minimum atomic E-state index is 0.0816. The van der Waals surface area contributed by atoms with Crippen molar-refractivity contribution in [3.63, 3.8) is 0 Å². The standard InChI is InChI=1S/C10H13NO.C2H6/c1-3-11(2)10(12)9-7-5-4-6-8-9;1-2/h4-8H,3H2,1-2H3;1-2H3. The molecular weight excluding hydrogens is 174 g/mol. The van der Waals surface area contributed by atoms with Crippen molar-refractivity contribution in [1.29, 1.82) is 0 Å². The Morgan fingerprint density at radius 2 is 1.71 bits per heavy atom. The molecule has 0 saturated carbocycles. The summed E-state index contributed by atoms with van der Waals surface area (Å²) in [7, 11) is 1.80. The van der Waals surface area contributed by atoms with Gasteiger partial charge in [0, 0.05) is 19.2 Å². The summed E-state index contributed by atoms with van der Waals surface area (Å²) in [5.74, 6) is 0.0816. The Morgan fingerprint density at radius 3 is 2.14 bits per heavy atom. The van der Waals surface area contributed by atoms with Crippen LogP contribution in [0.25, 0.3) is 0 Å². The molecule has 1 rings (SSSR count). The average Bonchev–Trinajstić information content (AvgIpc) is 2.31. The molecule has 14 heavy (non-hydrogen) atoms. The van der Waals surface area contributed by atoms with E-state index in [2.05, 4.69) is 0 Å². The Labute approximate surface area is 86.5 Å². The van der Waals surface area contributed by atoms with Crippen molar-refractivity contribution in [1.82, 2.24) is 4.90 Å². The third kappa shape index (κ3) is 3.60. The summed E-state index contributed by atoms with van der Waals surface area (Å²) in [5, 5.41) is 0. The fourth-order valence-corrected chi connectivity index (χ4v) is 0.945. The predicted molar refractivity (Wildman–Crippen MR) is 60.4 cm³/mol. The first-order valence-electron chi connectivity index (χ1n) is 5.06. The predicted octanol–water partition coefficient (Wildman–Crippen LogP) is 2.80. The Morgan fingerprint density at radius 1 is 1.21 bits per heavy atom. The third-order valence-electron chi connectivity index (χ3n) is 1.84. The first kappa shape index (κ1) is 12.7. The lowest BCUT2D eigenvalue weighted by atomic mass is 10.2. The van der Waals surface area contributed by atoms with Gasteiger partial charge in [-0.2, -0.15) is 0 Å². The maximum atomic E-state index is 11.5. The van der Waals surface area contributed by atoms with Gasteiger partial charge in [-0.1, -0.05) is 32.0 Å². The molecule has 0 aliphatic heterocycles. The average molecular weight is 193 g/mol. The maximum Gasteiger partial charge on any atom is 0.253 e. The van der Waals surface area contributed by atoms with Crippen LogP contribution in [0.2, 0.25) is 0 Å². The smallest absolute Gasteiger partial charge is 0.253 e. The van der Waals surface area contributed by atoms with Crippen LogP contribution >= 0.6 is 0 Å². The molecule has 1 aromatic rings. The summed E-state index contributed by atoms with van der Waals surface area (Å²) in [5.41, 5.74) is 0.752. The Hall–Kier alpha value is -1.31. The lowest BCUT2D eigenvalue weighted by Crippen LogP contribution is -2.25. The molecule has 0 spiro atoms. The normalized spacial score (nSPS) is 8.57. The van der Waals surface area contributed by atoms with Crippen molar-refractivity contribution in [2.45, 2.75) is 20.8 Å². The molecule has 0 N–H and O–H groups in total. The largest absolute Gasteiger partial charge is 0.342 e. The second-order valence-electron chi connectivity index (χ2n) is 2.69. The number of carbonyl (C=O) groups is 1. The van der Waals surface area contributed by atoms with E-state index in [1.807, 2.05) is 51.1 Å². The first-order chi connectivity index (χ1) is 6.75. The molecule has 2 nitrogen and oxygen atoms in total. The summed E-state index contributed by atoms with van der Waals surface area (Å²) in [4.78, 5) is 13.2. The fraction of sp³-hybridized carbons (Fsp3) is 0.417. The van der Waals surface area contributed by atoms with E-state index in [4.69, 9.17) is 0 Å². The maximum absolute atomic E-state index is 11.5. The summed E-state index contributed by atoms with van der Waals surface area (Å²) >= 11 is 0. The summed E-state index contributed by atoms with van der Waals surface area (Å²) < 4.78 is 0. The van der Waals surface area contributed by atoms with Gasteiger partial charge in [-0.3, -0.25) is 4.79 Å². The molecule has 0 aliphatic carbocycles. The van der Waals surface area contributed by atoms with Crippen molar-refractivity contribution in [2.24, 2.45) is 0 Å². The van der Waals surface area contributed by atoms with Gasteiger partial charge in [0.25, 0.3) is 5.91 Å². The molecule has 0 bridgehead atoms. The quantitative estimate of drug-likeness (QED) is 0.707. The zero-order chi connectivity index (χ0) is 11.0. The van der Waals surface area contributed by atoms with Gasteiger partial charge in [-0.05, 0) is 19.1 Å². The number of carbonyl (C=O) groups excluding carboxylic acids is 1. The molecule has 1 amide bonds. The molecule has 1 aromatic carbocycles. The van der Waals surface area contributed by atoms with Crippen LogP contribution in [-0.4, -0.2) is 24.4 Å². The van der Waals surface area contributed by atoms with E-state index in [-0.39, 0.29) is 5.91 Å². The molecule has 0 saturated heterocycles. The van der Waals surface area contributed by atoms with E-state index in [1.54, 1.807) is 11.9 Å². The highest BCUT2D eigenvalue weighted by Gasteiger charge is 2.07. The van der Waals surface area contributed by atoms with Gasteiger partial charge in [0.05, 0.1) is 0 Å². The fourth-order valence-electron chi connectivity index (χ4n) is 0.945. The monoisotopic (exact) mass is 193 g/mol. The molecular formula is C12H19NO. The highest BCUT2D eigenvalue weighted by atomic mass is 16.2. The van der Waals surface area contributed by atoms with Crippen molar-refractivity contribution in [3.05, 3.63) is 35.9 Å². The van der Waals surface area contributed by atoms with E-state index in [9.17, 15) is 4.79 Å². The van der Waals surface area contributed by atoms with Crippen LogP contribution in [0.5, 0.6) is 0 Å². The van der Waals surface area contributed by atoms with Crippen molar-refractivity contribution in [3.8, 4) is 0 Å². The number of nitrogens with zero attached hydrogens (tertiary/aromatic N) is 1. The minimum Gasteiger partial charge on any atom is -0.342 e. The second kappa shape index (κ2) is 7.13. The van der Waals surface area contributed by atoms with Gasteiger partial charge < -0.3 is 4.90 Å². The molecule has 0 heterocycles. The first-order valence-corrected chi connectivity index (χ1v) is 5.06. The third-order valence-corrected chi connectivity index (χ3v) is 1.84. The summed E-state index contributed by atoms with van der Waals surface area (Å²) in [6, 6.07) is 9.30. The number of amides is 1. The highest BCUT2D eigenvalue weighted by molar-refractivity contribution is 5.93. The number of rotatable bonds is 2. The Balaban J connectivity index is 0.000000791. The van der Waals surface area contributed by atoms with Crippen LogP contribution in [0.3, 0.4) is 0 Å². The molecule has 78 valence electrons. The van der Waals surface area contributed by atoms with Crippen LogP contribution < -0.4 is 0 Å². The van der Waals surface area contributed by atoms with Crippen molar-refractivity contribution in [2.75, 3.05) is 13.6 Å². The van der Waals surface area contributed by atoms with E-state index in [0.29, 0.717) is 0 Å². The van der Waals surface area contributed by atoms with Gasteiger partial charge in [-0.15, -0.1) is 0 Å². The van der Waals surface area contributed by atoms with Crippen LogP contribution in [-0.2, 0) is 0 Å².